The fourth-order valence-corrected chi connectivity index (χ4v) is 3.10. The highest BCUT2D eigenvalue weighted by Gasteiger charge is 2.36. The first-order valence-corrected chi connectivity index (χ1v) is 10.1. The summed E-state index contributed by atoms with van der Waals surface area (Å²) in [7, 11) is 0. The molecule has 2 heterocycles. The summed E-state index contributed by atoms with van der Waals surface area (Å²) in [6.45, 7) is 1.08. The molecule has 3 rings (SSSR count). The molecule has 0 bridgehead atoms. The number of aliphatic hydroxyl groups is 1. The maximum absolute atomic E-state index is 12.0. The number of nitrogens with zero attached hydrogens (tertiary/aromatic N) is 1. The van der Waals surface area contributed by atoms with Crippen molar-refractivity contribution >= 4 is 18.0 Å². The van der Waals surface area contributed by atoms with Gasteiger partial charge in [-0.15, -0.1) is 0 Å². The van der Waals surface area contributed by atoms with E-state index in [1.54, 1.807) is 18.2 Å². The average molecular weight is 461 g/mol. The van der Waals surface area contributed by atoms with Crippen molar-refractivity contribution < 1.29 is 33.7 Å². The summed E-state index contributed by atoms with van der Waals surface area (Å²) >= 11 is 0. The molecule has 176 valence electrons. The number of ether oxygens (including phenoxy) is 3. The van der Waals surface area contributed by atoms with Gasteiger partial charge in [0.25, 0.3) is 5.56 Å². The van der Waals surface area contributed by atoms with E-state index in [1.165, 1.54) is 25.3 Å². The summed E-state index contributed by atoms with van der Waals surface area (Å²) in [6.07, 6.45) is -2.48. The summed E-state index contributed by atoms with van der Waals surface area (Å²) in [4.78, 5) is 61.0. The number of esters is 2. The van der Waals surface area contributed by atoms with Crippen molar-refractivity contribution in [2.45, 2.75) is 38.2 Å². The molecule has 0 saturated carbocycles. The number of aromatic amines is 1. The third kappa shape index (κ3) is 6.37. The van der Waals surface area contributed by atoms with Crippen molar-refractivity contribution in [3.63, 3.8) is 0 Å². The Morgan fingerprint density at radius 1 is 1.24 bits per heavy atom. The van der Waals surface area contributed by atoms with Gasteiger partial charge in [-0.05, 0) is 19.1 Å². The number of alkyl carbamates (subject to hydrolysis) is 1. The van der Waals surface area contributed by atoms with Crippen molar-refractivity contribution in [2.24, 2.45) is 0 Å². The number of aryl methyl sites for hydroxylation is 1. The molecule has 0 aliphatic carbocycles. The predicted octanol–water partition coefficient (Wildman–Crippen LogP) is -0.00668. The van der Waals surface area contributed by atoms with E-state index in [0.29, 0.717) is 5.56 Å². The third-order valence-electron chi connectivity index (χ3n) is 4.85. The maximum Gasteiger partial charge on any atom is 0.407 e. The zero-order valence-corrected chi connectivity index (χ0v) is 17.7. The van der Waals surface area contributed by atoms with Crippen LogP contribution in [0.25, 0.3) is 0 Å². The number of benzene rings is 1. The van der Waals surface area contributed by atoms with Gasteiger partial charge in [0, 0.05) is 24.7 Å². The maximum atomic E-state index is 12.0. The Hall–Kier alpha value is -3.77. The molecular weight excluding hydrogens is 438 g/mol. The largest absolute Gasteiger partial charge is 0.447 e. The fourth-order valence-electron chi connectivity index (χ4n) is 3.10. The standard InChI is InChI=1S/C21H23N3O9/c1-12-10-24(20(29)23-18(12)27)16-9-14(25)15(32-16)11-31-21(30)22-8-7-17(26)33-19(28)13-5-3-2-4-6-13/h2-6,10,14-16,25H,7-9,11H2,1H3,(H,22,30)(H,23,27,29)/t14-,15+,16+/m0/s1. The Morgan fingerprint density at radius 3 is 2.70 bits per heavy atom. The fraction of sp³-hybridized carbons (Fsp3) is 0.381. The van der Waals surface area contributed by atoms with E-state index in [2.05, 4.69) is 15.0 Å². The zero-order chi connectivity index (χ0) is 24.0. The second-order valence-corrected chi connectivity index (χ2v) is 7.31. The van der Waals surface area contributed by atoms with Gasteiger partial charge in [-0.1, -0.05) is 18.2 Å². The molecule has 12 heteroatoms. The molecule has 2 aromatic rings. The topological polar surface area (TPSA) is 166 Å². The van der Waals surface area contributed by atoms with Gasteiger partial charge in [-0.2, -0.15) is 0 Å². The second-order valence-electron chi connectivity index (χ2n) is 7.31. The van der Waals surface area contributed by atoms with Gasteiger partial charge in [-0.3, -0.25) is 19.1 Å². The number of hydrogen-bond acceptors (Lipinski definition) is 9. The minimum absolute atomic E-state index is 0.0579. The van der Waals surface area contributed by atoms with Crippen LogP contribution >= 0.6 is 0 Å². The molecule has 0 spiro atoms. The predicted molar refractivity (Wildman–Crippen MR) is 111 cm³/mol. The molecule has 1 aliphatic heterocycles. The van der Waals surface area contributed by atoms with Crippen LogP contribution in [0.15, 0.2) is 46.1 Å². The van der Waals surface area contributed by atoms with Crippen LogP contribution in [0.2, 0.25) is 0 Å². The number of carbonyl (C=O) groups is 3. The quantitative estimate of drug-likeness (QED) is 0.380. The van der Waals surface area contributed by atoms with Crippen molar-refractivity contribution in [3.8, 4) is 0 Å². The van der Waals surface area contributed by atoms with Gasteiger partial charge < -0.3 is 24.6 Å². The summed E-state index contributed by atoms with van der Waals surface area (Å²) < 4.78 is 16.4. The summed E-state index contributed by atoms with van der Waals surface area (Å²) in [5, 5.41) is 12.5. The highest BCUT2D eigenvalue weighted by atomic mass is 16.6. The number of rotatable bonds is 7. The number of hydrogen-bond donors (Lipinski definition) is 3. The number of amides is 1. The molecule has 0 unspecified atom stereocenters. The lowest BCUT2D eigenvalue weighted by atomic mass is 10.2. The zero-order valence-electron chi connectivity index (χ0n) is 17.7. The second kappa shape index (κ2) is 10.7. The molecule has 1 amide bonds. The van der Waals surface area contributed by atoms with Crippen LogP contribution in [0.1, 0.15) is 35.0 Å². The molecule has 3 atom stereocenters. The van der Waals surface area contributed by atoms with Crippen LogP contribution in [0.5, 0.6) is 0 Å². The van der Waals surface area contributed by atoms with Crippen molar-refractivity contribution in [3.05, 3.63) is 68.5 Å². The monoisotopic (exact) mass is 461 g/mol. The van der Waals surface area contributed by atoms with Crippen molar-refractivity contribution in [1.82, 2.24) is 14.9 Å². The molecule has 1 aliphatic rings. The molecular formula is C21H23N3O9. The van der Waals surface area contributed by atoms with Crippen LogP contribution in [0.3, 0.4) is 0 Å². The van der Waals surface area contributed by atoms with Crippen LogP contribution in [0.4, 0.5) is 4.79 Å². The third-order valence-corrected chi connectivity index (χ3v) is 4.85. The van der Waals surface area contributed by atoms with Gasteiger partial charge in [0.05, 0.1) is 18.1 Å². The van der Waals surface area contributed by atoms with E-state index in [-0.39, 0.29) is 31.6 Å². The molecule has 33 heavy (non-hydrogen) atoms. The first-order chi connectivity index (χ1) is 15.7. The molecule has 3 N–H and O–H groups in total. The molecule has 12 nitrogen and oxygen atoms in total. The Kier molecular flexibility index (Phi) is 7.74. The van der Waals surface area contributed by atoms with E-state index in [1.807, 2.05) is 0 Å². The minimum Gasteiger partial charge on any atom is -0.447 e. The lowest BCUT2D eigenvalue weighted by Crippen LogP contribution is -2.34. The minimum atomic E-state index is -1.01. The van der Waals surface area contributed by atoms with E-state index >= 15 is 0 Å². The van der Waals surface area contributed by atoms with Gasteiger partial charge >= 0.3 is 23.7 Å². The number of carbonyl (C=O) groups excluding carboxylic acids is 3. The lowest BCUT2D eigenvalue weighted by Gasteiger charge is -2.16. The Bertz CT molecular complexity index is 1130. The Labute approximate surface area is 187 Å². The molecule has 1 fully saturated rings. The lowest BCUT2D eigenvalue weighted by molar-refractivity contribution is -0.137. The molecule has 0 radical (unpaired) electrons. The van der Waals surface area contributed by atoms with Crippen LogP contribution in [0, 0.1) is 6.92 Å². The molecule has 1 saturated heterocycles. The van der Waals surface area contributed by atoms with Crippen LogP contribution in [-0.2, 0) is 19.0 Å². The molecule has 1 aromatic heterocycles. The highest BCUT2D eigenvalue weighted by molar-refractivity contribution is 5.96. The van der Waals surface area contributed by atoms with Crippen molar-refractivity contribution in [2.75, 3.05) is 13.2 Å². The highest BCUT2D eigenvalue weighted by Crippen LogP contribution is 2.27. The summed E-state index contributed by atoms with van der Waals surface area (Å²) in [5.41, 5.74) is -0.666. The van der Waals surface area contributed by atoms with Gasteiger partial charge in [-0.25, -0.2) is 14.4 Å². The molecule has 1 aromatic carbocycles. The van der Waals surface area contributed by atoms with E-state index < -0.39 is 47.7 Å². The average Bonchev–Trinajstić information content (AvgIpc) is 3.15. The Morgan fingerprint density at radius 2 is 1.97 bits per heavy atom. The van der Waals surface area contributed by atoms with Crippen LogP contribution in [-0.4, -0.2) is 58.0 Å². The number of aliphatic hydroxyl groups excluding tert-OH is 1. The summed E-state index contributed by atoms with van der Waals surface area (Å²) in [5.74, 6) is -1.61. The first kappa shape index (κ1) is 23.9. The van der Waals surface area contributed by atoms with Crippen molar-refractivity contribution in [1.29, 1.82) is 0 Å². The normalized spacial score (nSPS) is 19.6. The SMILES string of the molecule is Cc1cn([C@H]2C[C@H](O)[C@@H](COC(=O)NCCC(=O)OC(=O)c3ccccc3)O2)c(=O)[nH]c1=O. The Balaban J connectivity index is 1.39. The van der Waals surface area contributed by atoms with Crippen LogP contribution < -0.4 is 16.6 Å². The van der Waals surface area contributed by atoms with Gasteiger partial charge in [0.15, 0.2) is 0 Å². The number of aromatic nitrogens is 2. The smallest absolute Gasteiger partial charge is 0.407 e. The summed E-state index contributed by atoms with van der Waals surface area (Å²) in [6, 6.07) is 7.99. The first-order valence-electron chi connectivity index (χ1n) is 10.1. The van der Waals surface area contributed by atoms with E-state index in [4.69, 9.17) is 9.47 Å². The van der Waals surface area contributed by atoms with Gasteiger partial charge in [0.2, 0.25) is 0 Å². The number of nitrogens with one attached hydrogen (secondary N) is 2. The van der Waals surface area contributed by atoms with Gasteiger partial charge in [0.1, 0.15) is 18.9 Å². The number of H-pyrrole nitrogens is 1. The van der Waals surface area contributed by atoms with E-state index in [0.717, 1.165) is 4.57 Å². The van der Waals surface area contributed by atoms with E-state index in [9.17, 15) is 29.1 Å².